The van der Waals surface area contributed by atoms with Gasteiger partial charge in [-0.2, -0.15) is 0 Å². The van der Waals surface area contributed by atoms with Gasteiger partial charge in [0, 0.05) is 31.1 Å². The molecule has 0 bridgehead atoms. The zero-order valence-electron chi connectivity index (χ0n) is 13.7. The average molecular weight is 314 g/mol. The lowest BCUT2D eigenvalue weighted by Gasteiger charge is -2.33. The number of nitrogens with one attached hydrogen (secondary N) is 1. The van der Waals surface area contributed by atoms with Gasteiger partial charge in [-0.25, -0.2) is 0 Å². The molecule has 3 rings (SSSR count). The molecule has 23 heavy (non-hydrogen) atoms. The van der Waals surface area contributed by atoms with Gasteiger partial charge >= 0.3 is 0 Å². The number of piperidine rings is 1. The van der Waals surface area contributed by atoms with Crippen LogP contribution in [0.15, 0.2) is 30.3 Å². The number of benzene rings is 1. The minimum Gasteiger partial charge on any atom is -0.349 e. The maximum Gasteiger partial charge on any atom is 0.251 e. The predicted molar refractivity (Wildman–Crippen MR) is 90.1 cm³/mol. The second-order valence-electron chi connectivity index (χ2n) is 6.85. The summed E-state index contributed by atoms with van der Waals surface area (Å²) in [6.45, 7) is 1.54. The Labute approximate surface area is 138 Å². The molecule has 4 nitrogen and oxygen atoms in total. The quantitative estimate of drug-likeness (QED) is 0.929. The first-order valence-electron chi connectivity index (χ1n) is 8.86. The first kappa shape index (κ1) is 16.0. The standard InChI is InChI=1S/C19H26N2O2/c22-18(14-15-6-4-5-7-15)21-12-10-17(11-13-21)20-19(23)16-8-2-1-3-9-16/h1-3,8-9,15,17H,4-7,10-14H2,(H,20,23). The monoisotopic (exact) mass is 314 g/mol. The molecule has 4 heteroatoms. The van der Waals surface area contributed by atoms with Crippen LogP contribution in [0.2, 0.25) is 0 Å². The Morgan fingerprint density at radius 1 is 1.00 bits per heavy atom. The molecule has 1 N–H and O–H groups in total. The second kappa shape index (κ2) is 7.62. The molecule has 1 aromatic carbocycles. The Bertz CT molecular complexity index is 530. The van der Waals surface area contributed by atoms with Crippen LogP contribution in [0.3, 0.4) is 0 Å². The molecule has 1 heterocycles. The van der Waals surface area contributed by atoms with Crippen molar-refractivity contribution in [3.63, 3.8) is 0 Å². The van der Waals surface area contributed by atoms with Gasteiger partial charge in [0.2, 0.25) is 5.91 Å². The zero-order valence-corrected chi connectivity index (χ0v) is 13.7. The van der Waals surface area contributed by atoms with Crippen molar-refractivity contribution in [1.29, 1.82) is 0 Å². The van der Waals surface area contributed by atoms with Crippen LogP contribution in [-0.2, 0) is 4.79 Å². The molecule has 0 spiro atoms. The van der Waals surface area contributed by atoms with E-state index < -0.39 is 0 Å². The van der Waals surface area contributed by atoms with Crippen LogP contribution < -0.4 is 5.32 Å². The molecule has 2 aliphatic rings. The maximum absolute atomic E-state index is 12.3. The molecule has 2 amide bonds. The third-order valence-corrected chi connectivity index (χ3v) is 5.16. The predicted octanol–water partition coefficient (Wildman–Crippen LogP) is 2.99. The average Bonchev–Trinajstić information content (AvgIpc) is 3.09. The molecule has 1 saturated carbocycles. The van der Waals surface area contributed by atoms with E-state index in [0.29, 0.717) is 17.4 Å². The van der Waals surface area contributed by atoms with E-state index in [1.807, 2.05) is 35.2 Å². The van der Waals surface area contributed by atoms with Crippen LogP contribution in [0.5, 0.6) is 0 Å². The Hall–Kier alpha value is -1.84. The molecule has 124 valence electrons. The minimum atomic E-state index is -0.0127. The summed E-state index contributed by atoms with van der Waals surface area (Å²) in [5.41, 5.74) is 0.701. The molecule has 1 saturated heterocycles. The number of hydrogen-bond acceptors (Lipinski definition) is 2. The lowest BCUT2D eigenvalue weighted by molar-refractivity contribution is -0.133. The molecular weight excluding hydrogens is 288 g/mol. The lowest BCUT2D eigenvalue weighted by Crippen LogP contribution is -2.46. The van der Waals surface area contributed by atoms with Crippen LogP contribution in [-0.4, -0.2) is 35.8 Å². The van der Waals surface area contributed by atoms with Gasteiger partial charge in [-0.15, -0.1) is 0 Å². The highest BCUT2D eigenvalue weighted by molar-refractivity contribution is 5.94. The van der Waals surface area contributed by atoms with Crippen molar-refractivity contribution in [3.05, 3.63) is 35.9 Å². The first-order chi connectivity index (χ1) is 11.2. The number of nitrogens with zero attached hydrogens (tertiary/aromatic N) is 1. The molecule has 0 aromatic heterocycles. The fourth-order valence-corrected chi connectivity index (χ4v) is 3.72. The Kier molecular flexibility index (Phi) is 5.31. The molecule has 2 fully saturated rings. The van der Waals surface area contributed by atoms with Crippen LogP contribution in [0, 0.1) is 5.92 Å². The van der Waals surface area contributed by atoms with Gasteiger partial charge in [0.05, 0.1) is 0 Å². The van der Waals surface area contributed by atoms with E-state index in [2.05, 4.69) is 5.32 Å². The zero-order chi connectivity index (χ0) is 16.1. The third kappa shape index (κ3) is 4.34. The third-order valence-electron chi connectivity index (χ3n) is 5.16. The van der Waals surface area contributed by atoms with Crippen molar-refractivity contribution in [3.8, 4) is 0 Å². The van der Waals surface area contributed by atoms with Crippen molar-refractivity contribution in [2.75, 3.05) is 13.1 Å². The van der Waals surface area contributed by atoms with Crippen molar-refractivity contribution in [2.45, 2.75) is 51.0 Å². The number of carbonyl (C=O) groups is 2. The molecule has 1 aliphatic heterocycles. The summed E-state index contributed by atoms with van der Waals surface area (Å²) >= 11 is 0. The molecule has 0 atom stereocenters. The summed E-state index contributed by atoms with van der Waals surface area (Å²) in [7, 11) is 0. The fraction of sp³-hybridized carbons (Fsp3) is 0.579. The second-order valence-corrected chi connectivity index (χ2v) is 6.85. The van der Waals surface area contributed by atoms with Crippen molar-refractivity contribution >= 4 is 11.8 Å². The van der Waals surface area contributed by atoms with E-state index in [9.17, 15) is 9.59 Å². The molecule has 0 radical (unpaired) electrons. The van der Waals surface area contributed by atoms with Crippen LogP contribution in [0.1, 0.15) is 55.3 Å². The highest BCUT2D eigenvalue weighted by atomic mass is 16.2. The van der Waals surface area contributed by atoms with E-state index >= 15 is 0 Å². The molecule has 1 aromatic rings. The maximum atomic E-state index is 12.3. The lowest BCUT2D eigenvalue weighted by atomic mass is 10.0. The van der Waals surface area contributed by atoms with Gasteiger partial charge in [0.1, 0.15) is 0 Å². The van der Waals surface area contributed by atoms with Gasteiger partial charge in [-0.05, 0) is 43.7 Å². The van der Waals surface area contributed by atoms with Gasteiger partial charge in [0.25, 0.3) is 5.91 Å². The Morgan fingerprint density at radius 2 is 1.65 bits per heavy atom. The summed E-state index contributed by atoms with van der Waals surface area (Å²) in [6, 6.07) is 9.49. The molecule has 0 unspecified atom stereocenters. The van der Waals surface area contributed by atoms with E-state index in [-0.39, 0.29) is 11.9 Å². The van der Waals surface area contributed by atoms with Gasteiger partial charge in [-0.3, -0.25) is 9.59 Å². The minimum absolute atomic E-state index is 0.0127. The van der Waals surface area contributed by atoms with Crippen molar-refractivity contribution in [2.24, 2.45) is 5.92 Å². The van der Waals surface area contributed by atoms with Crippen LogP contribution in [0.4, 0.5) is 0 Å². The summed E-state index contributed by atoms with van der Waals surface area (Å²) in [5.74, 6) is 0.907. The van der Waals surface area contributed by atoms with Gasteiger partial charge in [-0.1, -0.05) is 31.0 Å². The van der Waals surface area contributed by atoms with E-state index in [1.165, 1.54) is 25.7 Å². The van der Waals surface area contributed by atoms with E-state index in [0.717, 1.165) is 32.4 Å². The topological polar surface area (TPSA) is 49.4 Å². The largest absolute Gasteiger partial charge is 0.349 e. The molecule has 1 aliphatic carbocycles. The number of rotatable bonds is 4. The van der Waals surface area contributed by atoms with Crippen LogP contribution in [0.25, 0.3) is 0 Å². The van der Waals surface area contributed by atoms with Crippen molar-refractivity contribution in [1.82, 2.24) is 10.2 Å². The summed E-state index contributed by atoms with van der Waals surface area (Å²) in [5, 5.41) is 3.09. The summed E-state index contributed by atoms with van der Waals surface area (Å²) in [6.07, 6.45) is 7.44. The van der Waals surface area contributed by atoms with E-state index in [1.54, 1.807) is 0 Å². The highest BCUT2D eigenvalue weighted by Crippen LogP contribution is 2.28. The van der Waals surface area contributed by atoms with E-state index in [4.69, 9.17) is 0 Å². The van der Waals surface area contributed by atoms with Gasteiger partial charge in [0.15, 0.2) is 0 Å². The fourth-order valence-electron chi connectivity index (χ4n) is 3.72. The Balaban J connectivity index is 1.43. The number of likely N-dealkylation sites (tertiary alicyclic amines) is 1. The first-order valence-corrected chi connectivity index (χ1v) is 8.86. The summed E-state index contributed by atoms with van der Waals surface area (Å²) < 4.78 is 0. The molecular formula is C19H26N2O2. The summed E-state index contributed by atoms with van der Waals surface area (Å²) in [4.78, 5) is 26.5. The Morgan fingerprint density at radius 3 is 2.30 bits per heavy atom. The number of amides is 2. The number of hydrogen-bond donors (Lipinski definition) is 1. The normalized spacial score (nSPS) is 19.7. The van der Waals surface area contributed by atoms with Gasteiger partial charge < -0.3 is 10.2 Å². The number of carbonyl (C=O) groups excluding carboxylic acids is 2. The SMILES string of the molecule is O=C(NC1CCN(C(=O)CC2CCCC2)CC1)c1ccccc1. The van der Waals surface area contributed by atoms with Crippen LogP contribution >= 0.6 is 0 Å². The smallest absolute Gasteiger partial charge is 0.251 e. The van der Waals surface area contributed by atoms with Crippen molar-refractivity contribution < 1.29 is 9.59 Å². The highest BCUT2D eigenvalue weighted by Gasteiger charge is 2.26.